The van der Waals surface area contributed by atoms with Crippen LogP contribution >= 0.6 is 0 Å². The summed E-state index contributed by atoms with van der Waals surface area (Å²) in [6, 6.07) is 2.67. The average Bonchev–Trinajstić information content (AvgIpc) is 2.72. The van der Waals surface area contributed by atoms with Gasteiger partial charge in [0.15, 0.2) is 11.5 Å². The number of nitrogens with zero attached hydrogens (tertiary/aromatic N) is 3. The molecule has 0 aliphatic rings. The summed E-state index contributed by atoms with van der Waals surface area (Å²) in [7, 11) is 0. The summed E-state index contributed by atoms with van der Waals surface area (Å²) in [5.41, 5.74) is 5.85. The lowest BCUT2D eigenvalue weighted by molar-refractivity contribution is 0.0520. The minimum absolute atomic E-state index is 0.0166. The number of aromatic nitrogens is 3. The highest BCUT2D eigenvalue weighted by Gasteiger charge is 2.16. The SMILES string of the molecule is CCOC(=O)c1nn(-c2ccc(F)cn2)cc1N. The van der Waals surface area contributed by atoms with Crippen molar-refractivity contribution in [2.24, 2.45) is 0 Å². The second kappa shape index (κ2) is 4.82. The number of hydrogen-bond donors (Lipinski definition) is 1. The number of hydrogen-bond acceptors (Lipinski definition) is 5. The van der Waals surface area contributed by atoms with E-state index in [2.05, 4.69) is 10.1 Å². The highest BCUT2D eigenvalue weighted by Crippen LogP contribution is 2.14. The average molecular weight is 250 g/mol. The Bertz CT molecular complexity index is 565. The molecule has 2 aromatic heterocycles. The molecule has 0 saturated heterocycles. The molecule has 0 fully saturated rings. The van der Waals surface area contributed by atoms with Crippen molar-refractivity contribution in [2.75, 3.05) is 12.3 Å². The monoisotopic (exact) mass is 250 g/mol. The lowest BCUT2D eigenvalue weighted by Crippen LogP contribution is -2.08. The first kappa shape index (κ1) is 12.0. The number of pyridine rings is 1. The Morgan fingerprint density at radius 1 is 1.56 bits per heavy atom. The maximum atomic E-state index is 12.7. The van der Waals surface area contributed by atoms with E-state index in [-0.39, 0.29) is 18.0 Å². The normalized spacial score (nSPS) is 10.3. The van der Waals surface area contributed by atoms with Crippen LogP contribution in [0.5, 0.6) is 0 Å². The van der Waals surface area contributed by atoms with Crippen LogP contribution in [0.1, 0.15) is 17.4 Å². The number of carbonyl (C=O) groups excluding carboxylic acids is 1. The van der Waals surface area contributed by atoms with Crippen LogP contribution in [0, 0.1) is 5.82 Å². The van der Waals surface area contributed by atoms with Gasteiger partial charge >= 0.3 is 5.97 Å². The smallest absolute Gasteiger partial charge is 0.361 e. The Balaban J connectivity index is 2.34. The lowest BCUT2D eigenvalue weighted by Gasteiger charge is -1.99. The van der Waals surface area contributed by atoms with Crippen LogP contribution in [0.15, 0.2) is 24.5 Å². The number of esters is 1. The van der Waals surface area contributed by atoms with E-state index in [1.165, 1.54) is 23.0 Å². The molecule has 6 nitrogen and oxygen atoms in total. The summed E-state index contributed by atoms with van der Waals surface area (Å²) >= 11 is 0. The van der Waals surface area contributed by atoms with Gasteiger partial charge < -0.3 is 10.5 Å². The van der Waals surface area contributed by atoms with Crippen molar-refractivity contribution in [3.63, 3.8) is 0 Å². The van der Waals surface area contributed by atoms with Crippen molar-refractivity contribution in [1.82, 2.24) is 14.8 Å². The van der Waals surface area contributed by atoms with E-state index in [9.17, 15) is 9.18 Å². The van der Waals surface area contributed by atoms with E-state index in [1.807, 2.05) is 0 Å². The minimum Gasteiger partial charge on any atom is -0.461 e. The van der Waals surface area contributed by atoms with Crippen molar-refractivity contribution in [3.05, 3.63) is 36.0 Å². The molecule has 0 unspecified atom stereocenters. The zero-order valence-electron chi connectivity index (χ0n) is 9.63. The number of nitrogens with two attached hydrogens (primary N) is 1. The Morgan fingerprint density at radius 3 is 2.94 bits per heavy atom. The molecular weight excluding hydrogens is 239 g/mol. The van der Waals surface area contributed by atoms with Gasteiger partial charge in [-0.05, 0) is 19.1 Å². The fourth-order valence-electron chi connectivity index (χ4n) is 1.37. The topological polar surface area (TPSA) is 83.0 Å². The first-order valence-corrected chi connectivity index (χ1v) is 5.26. The Hall–Kier alpha value is -2.44. The Labute approximate surface area is 102 Å². The second-order valence-corrected chi connectivity index (χ2v) is 3.43. The van der Waals surface area contributed by atoms with E-state index in [0.717, 1.165) is 6.20 Å². The lowest BCUT2D eigenvalue weighted by atomic mass is 10.4. The molecule has 2 aromatic rings. The van der Waals surface area contributed by atoms with Crippen LogP contribution in [0.2, 0.25) is 0 Å². The molecule has 2 heterocycles. The molecule has 0 atom stereocenters. The molecule has 0 amide bonds. The van der Waals surface area contributed by atoms with Crippen LogP contribution in [0.3, 0.4) is 0 Å². The maximum Gasteiger partial charge on any atom is 0.361 e. The molecule has 0 bridgehead atoms. The summed E-state index contributed by atoms with van der Waals surface area (Å²) in [5, 5.41) is 3.96. The third-order valence-electron chi connectivity index (χ3n) is 2.16. The van der Waals surface area contributed by atoms with Crippen molar-refractivity contribution >= 4 is 11.7 Å². The van der Waals surface area contributed by atoms with Gasteiger partial charge in [-0.3, -0.25) is 0 Å². The standard InChI is InChI=1S/C11H11FN4O2/c1-2-18-11(17)10-8(13)6-16(15-10)9-4-3-7(12)5-14-9/h3-6H,2,13H2,1H3. The van der Waals surface area contributed by atoms with Crippen molar-refractivity contribution in [3.8, 4) is 5.82 Å². The van der Waals surface area contributed by atoms with Gasteiger partial charge in [-0.25, -0.2) is 18.9 Å². The molecular formula is C11H11FN4O2. The summed E-state index contributed by atoms with van der Waals surface area (Å²) in [6.07, 6.45) is 2.48. The third-order valence-corrected chi connectivity index (χ3v) is 2.16. The molecule has 18 heavy (non-hydrogen) atoms. The van der Waals surface area contributed by atoms with Gasteiger partial charge in [0, 0.05) is 0 Å². The number of carbonyl (C=O) groups is 1. The largest absolute Gasteiger partial charge is 0.461 e. The van der Waals surface area contributed by atoms with Crippen LogP contribution < -0.4 is 5.73 Å². The summed E-state index contributed by atoms with van der Waals surface area (Å²) in [5.74, 6) is -0.695. The van der Waals surface area contributed by atoms with E-state index in [1.54, 1.807) is 6.92 Å². The fraction of sp³-hybridized carbons (Fsp3) is 0.182. The van der Waals surface area contributed by atoms with Gasteiger partial charge in [0.25, 0.3) is 0 Å². The Kier molecular flexibility index (Phi) is 3.22. The van der Waals surface area contributed by atoms with Crippen LogP contribution in [0.4, 0.5) is 10.1 Å². The summed E-state index contributed by atoms with van der Waals surface area (Å²) in [6.45, 7) is 1.92. The van der Waals surface area contributed by atoms with Crippen molar-refractivity contribution in [2.45, 2.75) is 6.92 Å². The van der Waals surface area contributed by atoms with Crippen LogP contribution in [-0.2, 0) is 4.74 Å². The van der Waals surface area contributed by atoms with Gasteiger partial charge in [-0.15, -0.1) is 0 Å². The molecule has 0 spiro atoms. The van der Waals surface area contributed by atoms with Crippen molar-refractivity contribution < 1.29 is 13.9 Å². The molecule has 0 saturated carbocycles. The minimum atomic E-state index is -0.601. The van der Waals surface area contributed by atoms with Gasteiger partial charge in [0.2, 0.25) is 0 Å². The van der Waals surface area contributed by atoms with Crippen LogP contribution in [0.25, 0.3) is 5.82 Å². The van der Waals surface area contributed by atoms with Crippen molar-refractivity contribution in [1.29, 1.82) is 0 Å². The summed E-state index contributed by atoms with van der Waals surface area (Å²) < 4.78 is 18.8. The molecule has 7 heteroatoms. The maximum absolute atomic E-state index is 12.7. The van der Waals surface area contributed by atoms with E-state index >= 15 is 0 Å². The number of nitrogen functional groups attached to an aromatic ring is 1. The molecule has 94 valence electrons. The number of halogens is 1. The molecule has 2 rings (SSSR count). The number of ether oxygens (including phenoxy) is 1. The first-order chi connectivity index (χ1) is 8.61. The third kappa shape index (κ3) is 2.29. The van der Waals surface area contributed by atoms with E-state index < -0.39 is 11.8 Å². The quantitative estimate of drug-likeness (QED) is 0.826. The van der Waals surface area contributed by atoms with E-state index in [4.69, 9.17) is 10.5 Å². The molecule has 0 aliphatic heterocycles. The highest BCUT2D eigenvalue weighted by molar-refractivity contribution is 5.92. The second-order valence-electron chi connectivity index (χ2n) is 3.43. The molecule has 2 N–H and O–H groups in total. The van der Waals surface area contributed by atoms with Gasteiger partial charge in [0.05, 0.1) is 24.7 Å². The van der Waals surface area contributed by atoms with Gasteiger partial charge in [0.1, 0.15) is 5.82 Å². The Morgan fingerprint density at radius 2 is 2.33 bits per heavy atom. The zero-order valence-corrected chi connectivity index (χ0v) is 9.63. The number of rotatable bonds is 3. The summed E-state index contributed by atoms with van der Waals surface area (Å²) in [4.78, 5) is 15.3. The van der Waals surface area contributed by atoms with E-state index in [0.29, 0.717) is 5.82 Å². The van der Waals surface area contributed by atoms with Gasteiger partial charge in [-0.2, -0.15) is 5.10 Å². The van der Waals surface area contributed by atoms with Crippen LogP contribution in [-0.4, -0.2) is 27.3 Å². The predicted octanol–water partition coefficient (Wildman–Crippen LogP) is 1.17. The first-order valence-electron chi connectivity index (χ1n) is 5.26. The molecule has 0 aliphatic carbocycles. The molecule has 0 radical (unpaired) electrons. The zero-order chi connectivity index (χ0) is 13.1. The number of anilines is 1. The predicted molar refractivity (Wildman–Crippen MR) is 61.7 cm³/mol. The van der Waals surface area contributed by atoms with Gasteiger partial charge in [-0.1, -0.05) is 0 Å². The highest BCUT2D eigenvalue weighted by atomic mass is 19.1. The molecule has 0 aromatic carbocycles. The fourth-order valence-corrected chi connectivity index (χ4v) is 1.37.